The van der Waals surface area contributed by atoms with Gasteiger partial charge in [-0.25, -0.2) is 0 Å². The Morgan fingerprint density at radius 2 is 1.96 bits per heavy atom. The molecule has 0 aliphatic carbocycles. The Labute approximate surface area is 138 Å². The molecule has 6 heteroatoms. The van der Waals surface area contributed by atoms with E-state index in [4.69, 9.17) is 4.74 Å². The molecule has 0 radical (unpaired) electrons. The summed E-state index contributed by atoms with van der Waals surface area (Å²) in [5, 5.41) is 11.0. The van der Waals surface area contributed by atoms with Gasteiger partial charge in [0.15, 0.2) is 0 Å². The van der Waals surface area contributed by atoms with E-state index >= 15 is 0 Å². The molecule has 2 saturated heterocycles. The van der Waals surface area contributed by atoms with Crippen molar-refractivity contribution >= 4 is 11.9 Å². The molecule has 2 aliphatic heterocycles. The van der Waals surface area contributed by atoms with Crippen molar-refractivity contribution < 1.29 is 24.3 Å². The number of nitrogens with zero attached hydrogens (tertiary/aromatic N) is 1. The molecule has 0 aromatic heterocycles. The lowest BCUT2D eigenvalue weighted by Crippen LogP contribution is -3.12. The molecule has 2 rings (SSSR count). The van der Waals surface area contributed by atoms with Crippen LogP contribution in [0.15, 0.2) is 0 Å². The molecule has 0 bridgehead atoms. The number of rotatable bonds is 7. The molecule has 2 atom stereocenters. The van der Waals surface area contributed by atoms with Gasteiger partial charge in [-0.2, -0.15) is 0 Å². The number of aliphatic carboxylic acids is 1. The summed E-state index contributed by atoms with van der Waals surface area (Å²) in [6.45, 7) is 4.94. The molecule has 0 saturated carbocycles. The number of carboxylic acids is 1. The summed E-state index contributed by atoms with van der Waals surface area (Å²) in [5.41, 5.74) is 0. The second-order valence-electron chi connectivity index (χ2n) is 7.01. The third-order valence-corrected chi connectivity index (χ3v) is 5.37. The first-order valence-corrected chi connectivity index (χ1v) is 8.90. The van der Waals surface area contributed by atoms with Crippen molar-refractivity contribution in [2.24, 2.45) is 11.8 Å². The molecule has 2 aliphatic rings. The number of piperidine rings is 2. The summed E-state index contributed by atoms with van der Waals surface area (Å²) in [6.07, 6.45) is 5.78. The summed E-state index contributed by atoms with van der Waals surface area (Å²) in [5.74, 6) is -0.565. The molecule has 0 unspecified atom stereocenters. The first-order valence-electron chi connectivity index (χ1n) is 8.90. The number of methoxy groups -OCH3 is 1. The van der Waals surface area contributed by atoms with Crippen LogP contribution in [0.1, 0.15) is 38.5 Å². The quantitative estimate of drug-likeness (QED) is 0.631. The van der Waals surface area contributed by atoms with Crippen LogP contribution in [0.3, 0.4) is 0 Å². The summed E-state index contributed by atoms with van der Waals surface area (Å²) in [7, 11) is 1.53. The molecule has 1 amide bonds. The van der Waals surface area contributed by atoms with Gasteiger partial charge in [0.05, 0.1) is 19.6 Å². The fraction of sp³-hybridized carbons (Fsp3) is 0.882. The molecule has 1 N–H and O–H groups in total. The second kappa shape index (κ2) is 9.23. The van der Waals surface area contributed by atoms with Crippen LogP contribution in [-0.2, 0) is 14.3 Å². The average molecular weight is 326 g/mol. The van der Waals surface area contributed by atoms with E-state index in [1.54, 1.807) is 4.90 Å². The van der Waals surface area contributed by atoms with Crippen LogP contribution in [0.25, 0.3) is 0 Å². The lowest BCUT2D eigenvalue weighted by Gasteiger charge is -2.39. The summed E-state index contributed by atoms with van der Waals surface area (Å²) in [4.78, 5) is 26.5. The maximum atomic E-state index is 12.0. The number of ether oxygens (including phenoxy) is 1. The molecule has 6 nitrogen and oxygen atoms in total. The second-order valence-corrected chi connectivity index (χ2v) is 7.01. The van der Waals surface area contributed by atoms with Crippen molar-refractivity contribution in [3.05, 3.63) is 0 Å². The maximum absolute atomic E-state index is 12.0. The van der Waals surface area contributed by atoms with E-state index in [9.17, 15) is 14.7 Å². The minimum absolute atomic E-state index is 0.00900. The van der Waals surface area contributed by atoms with E-state index in [-0.39, 0.29) is 30.8 Å². The van der Waals surface area contributed by atoms with E-state index < -0.39 is 5.97 Å². The van der Waals surface area contributed by atoms with E-state index in [2.05, 4.69) is 0 Å². The van der Waals surface area contributed by atoms with Crippen molar-refractivity contribution in [1.29, 1.82) is 0 Å². The van der Waals surface area contributed by atoms with Crippen molar-refractivity contribution in [3.63, 3.8) is 0 Å². The number of carboxylic acid groups (broad SMARTS) is 1. The van der Waals surface area contributed by atoms with Crippen molar-refractivity contribution in [3.8, 4) is 0 Å². The largest absolute Gasteiger partial charge is 0.550 e. The van der Waals surface area contributed by atoms with Crippen LogP contribution in [0.2, 0.25) is 0 Å². The van der Waals surface area contributed by atoms with Crippen LogP contribution in [0.4, 0.5) is 0 Å². The van der Waals surface area contributed by atoms with Crippen LogP contribution >= 0.6 is 0 Å². The molecule has 2 heterocycles. The number of carbonyl (C=O) groups is 2. The molecule has 0 aromatic rings. The number of quaternary nitrogens is 1. The van der Waals surface area contributed by atoms with E-state index in [1.165, 1.54) is 39.5 Å². The summed E-state index contributed by atoms with van der Waals surface area (Å²) >= 11 is 0. The van der Waals surface area contributed by atoms with Crippen LogP contribution in [-0.4, -0.2) is 63.2 Å². The van der Waals surface area contributed by atoms with Gasteiger partial charge in [-0.3, -0.25) is 4.79 Å². The third-order valence-electron chi connectivity index (χ3n) is 5.37. The molecular weight excluding hydrogens is 296 g/mol. The predicted molar refractivity (Wildman–Crippen MR) is 83.7 cm³/mol. The summed E-state index contributed by atoms with van der Waals surface area (Å²) in [6, 6.07) is 0. The lowest BCUT2D eigenvalue weighted by molar-refractivity contribution is -0.905. The number of carbonyl (C=O) groups excluding carboxylic acids is 2. The summed E-state index contributed by atoms with van der Waals surface area (Å²) < 4.78 is 4.94. The number of nitrogens with one attached hydrogen (secondary N) is 1. The van der Waals surface area contributed by atoms with Gasteiger partial charge in [-0.15, -0.1) is 0 Å². The van der Waals surface area contributed by atoms with Gasteiger partial charge in [0, 0.05) is 32.6 Å². The predicted octanol–water partition coefficient (Wildman–Crippen LogP) is -1.30. The number of likely N-dealkylation sites (tertiary alicyclic amines) is 2. The maximum Gasteiger partial charge on any atom is 0.248 e. The molecule has 0 aromatic carbocycles. The average Bonchev–Trinajstić information content (AvgIpc) is 2.54. The standard InChI is InChI=1S/C17H30N2O4/c1-23-13-16(20)19-10-6-14(11-17(21)22)15(12-19)5-9-18-7-3-2-4-8-18/h14-15H,2-13H2,1H3,(H,21,22)/t14-,15-/m0/s1. The Balaban J connectivity index is 1.90. The minimum Gasteiger partial charge on any atom is -0.550 e. The van der Waals surface area contributed by atoms with Crippen molar-refractivity contribution in [2.45, 2.75) is 38.5 Å². The molecular formula is C17H30N2O4. The zero-order chi connectivity index (χ0) is 16.7. The normalized spacial score (nSPS) is 26.2. The van der Waals surface area contributed by atoms with Crippen molar-refractivity contribution in [2.75, 3.05) is 46.4 Å². The molecule has 132 valence electrons. The van der Waals surface area contributed by atoms with E-state index in [0.717, 1.165) is 19.4 Å². The zero-order valence-corrected chi connectivity index (χ0v) is 14.2. The highest BCUT2D eigenvalue weighted by Gasteiger charge is 2.32. The SMILES string of the molecule is COCC(=O)N1CC[C@@H](CC(=O)[O-])[C@@H](CC[NH+]2CCCCC2)C1. The third kappa shape index (κ3) is 5.77. The van der Waals surface area contributed by atoms with E-state index in [0.29, 0.717) is 13.1 Å². The van der Waals surface area contributed by atoms with Crippen molar-refractivity contribution in [1.82, 2.24) is 4.90 Å². The number of amides is 1. The number of hydrogen-bond donors (Lipinski definition) is 1. The minimum atomic E-state index is -0.970. The van der Waals surface area contributed by atoms with Gasteiger partial charge in [-0.05, 0) is 43.9 Å². The van der Waals surface area contributed by atoms with Crippen LogP contribution < -0.4 is 10.0 Å². The zero-order valence-electron chi connectivity index (χ0n) is 14.2. The highest BCUT2D eigenvalue weighted by atomic mass is 16.5. The monoisotopic (exact) mass is 326 g/mol. The van der Waals surface area contributed by atoms with E-state index in [1.807, 2.05) is 4.90 Å². The fourth-order valence-corrected chi connectivity index (χ4v) is 4.02. The Bertz CT molecular complexity index is 396. The Kier molecular flexibility index (Phi) is 7.30. The lowest BCUT2D eigenvalue weighted by atomic mass is 9.81. The van der Waals surface area contributed by atoms with Gasteiger partial charge in [0.1, 0.15) is 6.61 Å². The Morgan fingerprint density at radius 3 is 2.61 bits per heavy atom. The van der Waals surface area contributed by atoms with Crippen LogP contribution in [0.5, 0.6) is 0 Å². The first-order chi connectivity index (χ1) is 11.1. The topological polar surface area (TPSA) is 74.1 Å². The first kappa shape index (κ1) is 18.2. The van der Waals surface area contributed by atoms with Gasteiger partial charge < -0.3 is 24.4 Å². The fourth-order valence-electron chi connectivity index (χ4n) is 4.02. The molecule has 2 fully saturated rings. The van der Waals surface area contributed by atoms with Gasteiger partial charge in [0.25, 0.3) is 0 Å². The Hall–Kier alpha value is -1.14. The van der Waals surface area contributed by atoms with Gasteiger partial charge in [0.2, 0.25) is 5.91 Å². The molecule has 23 heavy (non-hydrogen) atoms. The highest BCUT2D eigenvalue weighted by molar-refractivity contribution is 5.77. The van der Waals surface area contributed by atoms with Gasteiger partial charge in [-0.1, -0.05) is 0 Å². The van der Waals surface area contributed by atoms with Gasteiger partial charge >= 0.3 is 0 Å². The molecule has 0 spiro atoms. The highest BCUT2D eigenvalue weighted by Crippen LogP contribution is 2.28. The smallest absolute Gasteiger partial charge is 0.248 e. The Morgan fingerprint density at radius 1 is 1.22 bits per heavy atom. The van der Waals surface area contributed by atoms with Crippen LogP contribution in [0, 0.1) is 11.8 Å². The number of hydrogen-bond acceptors (Lipinski definition) is 4.